The van der Waals surface area contributed by atoms with Crippen molar-refractivity contribution >= 4 is 34.4 Å². The van der Waals surface area contributed by atoms with E-state index >= 15 is 0 Å². The number of methoxy groups -OCH3 is 1. The zero-order valence-corrected chi connectivity index (χ0v) is 22.2. The third kappa shape index (κ3) is 6.44. The van der Waals surface area contributed by atoms with Gasteiger partial charge in [-0.25, -0.2) is 4.98 Å². The molecule has 1 saturated heterocycles. The molecule has 0 unspecified atom stereocenters. The van der Waals surface area contributed by atoms with E-state index in [2.05, 4.69) is 26.7 Å². The number of ether oxygens (including phenoxy) is 2. The maximum absolute atomic E-state index is 11.7. The van der Waals surface area contributed by atoms with Crippen LogP contribution in [0.1, 0.15) is 36.9 Å². The van der Waals surface area contributed by atoms with Crippen molar-refractivity contribution in [1.29, 1.82) is 0 Å². The van der Waals surface area contributed by atoms with Crippen LogP contribution in [0.5, 0.6) is 5.75 Å². The number of rotatable bonds is 10. The van der Waals surface area contributed by atoms with E-state index in [-0.39, 0.29) is 30.8 Å². The van der Waals surface area contributed by atoms with Gasteiger partial charge in [0.15, 0.2) is 0 Å². The van der Waals surface area contributed by atoms with Gasteiger partial charge in [0, 0.05) is 24.4 Å². The number of nitrogens with zero attached hydrogens (tertiary/aromatic N) is 2. The van der Waals surface area contributed by atoms with Crippen LogP contribution in [0.4, 0.5) is 5.82 Å². The number of fused-ring (bicyclic) bond motifs is 2. The van der Waals surface area contributed by atoms with Crippen LogP contribution in [0, 0.1) is 0 Å². The summed E-state index contributed by atoms with van der Waals surface area (Å²) in [6, 6.07) is 12.1. The Hall–Kier alpha value is -2.76. The molecule has 5 rings (SSSR count). The van der Waals surface area contributed by atoms with Crippen LogP contribution in [-0.2, 0) is 22.5 Å². The largest absolute Gasteiger partial charge is 0.495 e. The lowest BCUT2D eigenvalue weighted by Gasteiger charge is -2.38. The highest BCUT2D eigenvalue weighted by atomic mass is 32.2. The Morgan fingerprint density at radius 2 is 2.18 bits per heavy atom. The number of hydrogen-bond donors (Lipinski definition) is 4. The van der Waals surface area contributed by atoms with E-state index in [9.17, 15) is 15.0 Å². The molecule has 2 aromatic heterocycles. The number of aromatic nitrogens is 2. The minimum atomic E-state index is -0.839. The Kier molecular flexibility index (Phi) is 8.75. The van der Waals surface area contributed by atoms with Crippen molar-refractivity contribution in [1.82, 2.24) is 15.3 Å². The summed E-state index contributed by atoms with van der Waals surface area (Å²) in [5.41, 5.74) is 2.97. The molecular weight excluding hydrogens is 504 g/mol. The molecule has 0 aliphatic carbocycles. The van der Waals surface area contributed by atoms with Crippen LogP contribution in [0.25, 0.3) is 10.9 Å². The number of carbonyl (C=O) groups is 1. The second kappa shape index (κ2) is 12.4. The number of aliphatic hydroxyl groups is 2. The van der Waals surface area contributed by atoms with E-state index in [0.717, 1.165) is 52.9 Å². The number of benzene rings is 1. The molecule has 1 fully saturated rings. The Morgan fingerprint density at radius 3 is 3.03 bits per heavy atom. The van der Waals surface area contributed by atoms with Gasteiger partial charge in [-0.2, -0.15) is 0 Å². The van der Waals surface area contributed by atoms with Crippen molar-refractivity contribution in [2.75, 3.05) is 24.8 Å². The van der Waals surface area contributed by atoms with E-state index < -0.39 is 6.10 Å². The van der Waals surface area contributed by atoms with Gasteiger partial charge in [0.2, 0.25) is 5.91 Å². The normalized spacial score (nSPS) is 22.1. The minimum Gasteiger partial charge on any atom is -0.495 e. The smallest absolute Gasteiger partial charge is 0.235 e. The predicted octanol–water partition coefficient (Wildman–Crippen LogP) is 3.06. The molecule has 0 radical (unpaired) electrons. The van der Waals surface area contributed by atoms with Gasteiger partial charge < -0.3 is 30.3 Å². The zero-order valence-electron chi connectivity index (χ0n) is 21.4. The monoisotopic (exact) mass is 538 g/mol. The van der Waals surface area contributed by atoms with Gasteiger partial charge in [-0.3, -0.25) is 9.78 Å². The summed E-state index contributed by atoms with van der Waals surface area (Å²) in [6.07, 6.45) is 4.51. The second-order valence-electron chi connectivity index (χ2n) is 9.82. The maximum Gasteiger partial charge on any atom is 0.235 e. The lowest BCUT2D eigenvalue weighted by atomic mass is 9.91. The summed E-state index contributed by atoms with van der Waals surface area (Å²) in [5.74, 6) is 1.72. The number of pyridine rings is 2. The first-order chi connectivity index (χ1) is 18.5. The molecule has 1 aromatic carbocycles. The molecule has 1 amide bonds. The average molecular weight is 539 g/mol. The molecule has 2 aliphatic rings. The van der Waals surface area contributed by atoms with Crippen molar-refractivity contribution in [2.45, 2.75) is 67.9 Å². The van der Waals surface area contributed by atoms with Gasteiger partial charge in [-0.15, -0.1) is 11.8 Å². The number of nitrogens with one attached hydrogen (secondary N) is 2. The number of aryl methyl sites for hydroxylation is 1. The third-order valence-electron chi connectivity index (χ3n) is 7.17. The summed E-state index contributed by atoms with van der Waals surface area (Å²) in [4.78, 5) is 21.8. The predicted molar refractivity (Wildman–Crippen MR) is 146 cm³/mol. The molecule has 202 valence electrons. The van der Waals surface area contributed by atoms with Crippen LogP contribution in [0.15, 0.2) is 47.5 Å². The van der Waals surface area contributed by atoms with Crippen molar-refractivity contribution in [3.8, 4) is 5.75 Å². The highest BCUT2D eigenvalue weighted by Crippen LogP contribution is 2.31. The number of hydrogen-bond acceptors (Lipinski definition) is 9. The number of carbonyl (C=O) groups excluding carboxylic acids is 1. The van der Waals surface area contributed by atoms with Crippen LogP contribution in [-0.4, -0.2) is 69.9 Å². The zero-order chi connectivity index (χ0) is 26.5. The summed E-state index contributed by atoms with van der Waals surface area (Å²) in [5, 5.41) is 27.1. The summed E-state index contributed by atoms with van der Waals surface area (Å²) in [7, 11) is 1.64. The molecule has 38 heavy (non-hydrogen) atoms. The first kappa shape index (κ1) is 26.8. The van der Waals surface area contributed by atoms with Crippen LogP contribution in [0.3, 0.4) is 0 Å². The van der Waals surface area contributed by atoms with Gasteiger partial charge in [-0.1, -0.05) is 12.1 Å². The lowest BCUT2D eigenvalue weighted by Crippen LogP contribution is -2.48. The van der Waals surface area contributed by atoms with Gasteiger partial charge >= 0.3 is 0 Å². The van der Waals surface area contributed by atoms with Crippen LogP contribution in [0.2, 0.25) is 0 Å². The topological polar surface area (TPSA) is 126 Å². The van der Waals surface area contributed by atoms with Crippen molar-refractivity contribution in [2.24, 2.45) is 0 Å². The van der Waals surface area contributed by atoms with Gasteiger partial charge in [0.05, 0.1) is 60.1 Å². The molecule has 9 nitrogen and oxygen atoms in total. The highest BCUT2D eigenvalue weighted by Gasteiger charge is 2.32. The van der Waals surface area contributed by atoms with Crippen molar-refractivity contribution in [3.05, 3.63) is 53.9 Å². The highest BCUT2D eigenvalue weighted by molar-refractivity contribution is 8.00. The molecule has 0 spiro atoms. The number of anilines is 1. The Labute approximate surface area is 226 Å². The fraction of sp³-hybridized carbons (Fsp3) is 0.464. The van der Waals surface area contributed by atoms with E-state index in [4.69, 9.17) is 9.47 Å². The van der Waals surface area contributed by atoms with Crippen LogP contribution < -0.4 is 15.4 Å². The van der Waals surface area contributed by atoms with Gasteiger partial charge in [0.1, 0.15) is 11.6 Å². The summed E-state index contributed by atoms with van der Waals surface area (Å²) >= 11 is 1.49. The summed E-state index contributed by atoms with van der Waals surface area (Å²) in [6.45, 7) is 0.217. The fourth-order valence-corrected chi connectivity index (χ4v) is 5.90. The molecule has 0 saturated carbocycles. The number of thioether (sulfide) groups is 1. The molecule has 10 heteroatoms. The van der Waals surface area contributed by atoms with Gasteiger partial charge in [0.25, 0.3) is 0 Å². The maximum atomic E-state index is 11.7. The number of amides is 1. The first-order valence-electron chi connectivity index (χ1n) is 13.0. The quantitative estimate of drug-likeness (QED) is 0.308. The van der Waals surface area contributed by atoms with Crippen molar-refractivity contribution in [3.63, 3.8) is 0 Å². The Morgan fingerprint density at radius 1 is 1.29 bits per heavy atom. The molecule has 4 heterocycles. The standard InChI is InChI=1S/C28H34N4O5S/c1-36-21-12-22-17(3-2-4-23(22)30-14-21)5-7-20-8-9-24(25(37-20)11-19(34)15-33)29-13-18-6-10-26-28(31-18)32-27(35)16-38-26/h2-4,6,10,12,14,19-20,24-25,29,33-34H,5,7-9,11,13,15-16H2,1H3,(H,31,32,35)/t19-,20-,24+,25-/m0/s1. The molecule has 4 atom stereocenters. The van der Waals surface area contributed by atoms with E-state index in [1.807, 2.05) is 30.3 Å². The van der Waals surface area contributed by atoms with Crippen molar-refractivity contribution < 1.29 is 24.5 Å². The van der Waals surface area contributed by atoms with Gasteiger partial charge in [-0.05, 0) is 55.5 Å². The second-order valence-corrected chi connectivity index (χ2v) is 10.8. The Balaban J connectivity index is 1.22. The first-order valence-corrected chi connectivity index (χ1v) is 14.0. The molecular formula is C28H34N4O5S. The Bertz CT molecular complexity index is 1280. The molecule has 2 aliphatic heterocycles. The molecule has 0 bridgehead atoms. The minimum absolute atomic E-state index is 0.0141. The van der Waals surface area contributed by atoms with E-state index in [1.54, 1.807) is 13.3 Å². The number of aliphatic hydroxyl groups excluding tert-OH is 2. The average Bonchev–Trinajstić information content (AvgIpc) is 2.94. The molecule has 4 N–H and O–H groups in total. The fourth-order valence-electron chi connectivity index (χ4n) is 5.15. The summed E-state index contributed by atoms with van der Waals surface area (Å²) < 4.78 is 11.9. The van der Waals surface area contributed by atoms with E-state index in [1.165, 1.54) is 17.3 Å². The third-order valence-corrected chi connectivity index (χ3v) is 8.22. The molecule has 3 aromatic rings. The van der Waals surface area contributed by atoms with E-state index in [0.29, 0.717) is 24.5 Å². The van der Waals surface area contributed by atoms with Crippen LogP contribution >= 0.6 is 11.8 Å². The SMILES string of the molecule is COc1cnc2cccc(CC[C@H]3CC[C@@H](NCc4ccc5c(n4)NC(=O)CS5)[C@H](C[C@H](O)CO)O3)c2c1. The lowest BCUT2D eigenvalue weighted by molar-refractivity contribution is -0.113.